The van der Waals surface area contributed by atoms with Crippen LogP contribution in [-0.2, 0) is 19.1 Å². The van der Waals surface area contributed by atoms with E-state index in [1.54, 1.807) is 12.1 Å². The zero-order valence-corrected chi connectivity index (χ0v) is 24.3. The van der Waals surface area contributed by atoms with Gasteiger partial charge in [0.05, 0.1) is 18.5 Å². The molecule has 0 unspecified atom stereocenters. The van der Waals surface area contributed by atoms with Crippen LogP contribution in [0.25, 0.3) is 17.2 Å². The molecule has 220 valence electrons. The molecule has 1 aliphatic rings. The molecule has 0 aliphatic heterocycles. The number of likely N-dealkylation sites (N-methyl/N-ethyl adjacent to an activating group) is 1. The smallest absolute Gasteiger partial charge is 0.407 e. The fourth-order valence-corrected chi connectivity index (χ4v) is 5.04. The van der Waals surface area contributed by atoms with Crippen LogP contribution in [0.5, 0.6) is 0 Å². The number of methoxy groups -OCH3 is 1. The molecule has 0 saturated carbocycles. The van der Waals surface area contributed by atoms with E-state index in [-0.39, 0.29) is 19.1 Å². The highest BCUT2D eigenvalue weighted by atomic mass is 16.5. The number of amides is 2. The molecular weight excluding hydrogens is 532 g/mol. The number of alkyl carbamates (subject to hydrolysis) is 1. The second-order valence-corrected chi connectivity index (χ2v) is 9.84. The summed E-state index contributed by atoms with van der Waals surface area (Å²) in [6.45, 7) is 7.53. The highest BCUT2D eigenvalue weighted by Gasteiger charge is 2.29. The van der Waals surface area contributed by atoms with Gasteiger partial charge in [0.25, 0.3) is 0 Å². The third-order valence-corrected chi connectivity index (χ3v) is 7.31. The van der Waals surface area contributed by atoms with Gasteiger partial charge in [-0.1, -0.05) is 68.4 Å². The molecule has 0 atom stereocenters. The maximum absolute atomic E-state index is 12.8. The summed E-state index contributed by atoms with van der Waals surface area (Å²) < 4.78 is 10.2. The highest BCUT2D eigenvalue weighted by molar-refractivity contribution is 5.97. The summed E-state index contributed by atoms with van der Waals surface area (Å²) in [5.41, 5.74) is 6.48. The van der Waals surface area contributed by atoms with Gasteiger partial charge in [-0.15, -0.1) is 0 Å². The molecule has 42 heavy (non-hydrogen) atoms. The van der Waals surface area contributed by atoms with Gasteiger partial charge in [0.15, 0.2) is 0 Å². The first kappa shape index (κ1) is 30.3. The van der Waals surface area contributed by atoms with Crippen molar-refractivity contribution in [2.24, 2.45) is 0 Å². The lowest BCUT2D eigenvalue weighted by atomic mass is 9.98. The molecule has 2 amide bonds. The van der Waals surface area contributed by atoms with E-state index in [2.05, 4.69) is 63.7 Å². The minimum atomic E-state index is -0.667. The van der Waals surface area contributed by atoms with Crippen molar-refractivity contribution < 1.29 is 23.9 Å². The number of nitrogens with zero attached hydrogens (tertiary/aromatic N) is 1. The summed E-state index contributed by atoms with van der Waals surface area (Å²) in [4.78, 5) is 39.2. The standard InChI is InChI=1S/C33H38N4O5/c1-4-37(5-2)19-18-34-29-16-14-23(15-17-32(39)41-3)20-30(29)36-31(38)21-35-33(40)42-22-28-26-12-8-6-10-24(26)25-11-7-9-13-27(25)28/h6-17,20,28,34H,4-5,18-19,21-22H2,1-3H3,(H,35,40)(H,36,38)/b17-15+. The summed E-state index contributed by atoms with van der Waals surface area (Å²) in [6, 6.07) is 21.7. The fourth-order valence-electron chi connectivity index (χ4n) is 5.04. The Bertz CT molecular complexity index is 1390. The summed E-state index contributed by atoms with van der Waals surface area (Å²) in [6.07, 6.45) is 2.25. The molecule has 3 aromatic rings. The number of nitrogens with one attached hydrogen (secondary N) is 3. The Morgan fingerprint density at radius 2 is 1.57 bits per heavy atom. The van der Waals surface area contributed by atoms with Gasteiger partial charge in [-0.25, -0.2) is 9.59 Å². The average Bonchev–Trinajstić information content (AvgIpc) is 3.34. The second kappa shape index (κ2) is 14.8. The Morgan fingerprint density at radius 3 is 2.21 bits per heavy atom. The van der Waals surface area contributed by atoms with Crippen molar-refractivity contribution in [1.82, 2.24) is 10.2 Å². The number of rotatable bonds is 13. The number of carbonyl (C=O) groups excluding carboxylic acids is 3. The number of anilines is 2. The van der Waals surface area contributed by atoms with Crippen molar-refractivity contribution in [2.45, 2.75) is 19.8 Å². The van der Waals surface area contributed by atoms with Gasteiger partial charge in [-0.2, -0.15) is 0 Å². The predicted molar refractivity (Wildman–Crippen MR) is 165 cm³/mol. The SMILES string of the molecule is CCN(CC)CCNc1ccc(/C=C/C(=O)OC)cc1NC(=O)CNC(=O)OCC1c2ccccc2-c2ccccc21. The Labute approximate surface area is 246 Å². The van der Waals surface area contributed by atoms with Crippen molar-refractivity contribution >= 4 is 35.4 Å². The van der Waals surface area contributed by atoms with Gasteiger partial charge in [-0.05, 0) is 59.1 Å². The largest absolute Gasteiger partial charge is 0.466 e. The molecule has 0 spiro atoms. The van der Waals surface area contributed by atoms with Gasteiger partial charge in [-0.3, -0.25) is 4.79 Å². The number of hydrogen-bond acceptors (Lipinski definition) is 7. The molecule has 0 fully saturated rings. The topological polar surface area (TPSA) is 109 Å². The molecule has 9 heteroatoms. The maximum Gasteiger partial charge on any atom is 0.407 e. The van der Waals surface area contributed by atoms with E-state index >= 15 is 0 Å². The third kappa shape index (κ3) is 7.76. The van der Waals surface area contributed by atoms with Crippen molar-refractivity contribution in [3.05, 3.63) is 89.5 Å². The number of fused-ring (bicyclic) bond motifs is 3. The minimum Gasteiger partial charge on any atom is -0.466 e. The summed E-state index contributed by atoms with van der Waals surface area (Å²) in [5.74, 6) is -0.957. The maximum atomic E-state index is 12.8. The fraction of sp³-hybridized carbons (Fsp3) is 0.303. The first-order chi connectivity index (χ1) is 20.4. The zero-order chi connectivity index (χ0) is 29.9. The number of carbonyl (C=O) groups is 3. The van der Waals surface area contributed by atoms with E-state index in [0.717, 1.165) is 47.6 Å². The Balaban J connectivity index is 1.35. The number of benzene rings is 3. The first-order valence-corrected chi connectivity index (χ1v) is 14.2. The van der Waals surface area contributed by atoms with Crippen LogP contribution >= 0.6 is 0 Å². The molecule has 4 rings (SSSR count). The van der Waals surface area contributed by atoms with Crippen molar-refractivity contribution in [3.8, 4) is 11.1 Å². The van der Waals surface area contributed by atoms with Crippen molar-refractivity contribution in [1.29, 1.82) is 0 Å². The molecule has 0 bridgehead atoms. The lowest BCUT2D eigenvalue weighted by Gasteiger charge is -2.20. The number of esters is 1. The van der Waals surface area contributed by atoms with Crippen LogP contribution in [0.4, 0.5) is 16.2 Å². The van der Waals surface area contributed by atoms with E-state index in [1.807, 2.05) is 36.4 Å². The van der Waals surface area contributed by atoms with E-state index in [0.29, 0.717) is 17.8 Å². The molecule has 1 aliphatic carbocycles. The summed E-state index contributed by atoms with van der Waals surface area (Å²) in [5, 5.41) is 8.79. The van der Waals surface area contributed by atoms with E-state index in [9.17, 15) is 14.4 Å². The highest BCUT2D eigenvalue weighted by Crippen LogP contribution is 2.44. The Morgan fingerprint density at radius 1 is 0.905 bits per heavy atom. The minimum absolute atomic E-state index is 0.0669. The first-order valence-electron chi connectivity index (χ1n) is 14.2. The van der Waals surface area contributed by atoms with E-state index in [4.69, 9.17) is 4.74 Å². The number of hydrogen-bond donors (Lipinski definition) is 3. The van der Waals surface area contributed by atoms with Gasteiger partial charge in [0.1, 0.15) is 13.2 Å². The van der Waals surface area contributed by atoms with Crippen LogP contribution in [0, 0.1) is 0 Å². The van der Waals surface area contributed by atoms with Crippen molar-refractivity contribution in [3.63, 3.8) is 0 Å². The zero-order valence-electron chi connectivity index (χ0n) is 24.3. The van der Waals surface area contributed by atoms with Crippen LogP contribution in [0.1, 0.15) is 36.5 Å². The van der Waals surface area contributed by atoms with Crippen LogP contribution < -0.4 is 16.0 Å². The van der Waals surface area contributed by atoms with Gasteiger partial charge in [0, 0.05) is 25.1 Å². The molecule has 0 radical (unpaired) electrons. The molecule has 3 aromatic carbocycles. The van der Waals surface area contributed by atoms with Crippen molar-refractivity contribution in [2.75, 3.05) is 57.1 Å². The normalized spacial score (nSPS) is 12.1. The second-order valence-electron chi connectivity index (χ2n) is 9.84. The average molecular weight is 571 g/mol. The molecular formula is C33H38N4O5. The van der Waals surface area contributed by atoms with E-state index in [1.165, 1.54) is 13.2 Å². The molecule has 9 nitrogen and oxygen atoms in total. The van der Waals surface area contributed by atoms with Gasteiger partial charge >= 0.3 is 12.1 Å². The van der Waals surface area contributed by atoms with Crippen LogP contribution in [0.15, 0.2) is 72.8 Å². The lowest BCUT2D eigenvalue weighted by Crippen LogP contribution is -2.34. The molecule has 3 N–H and O–H groups in total. The van der Waals surface area contributed by atoms with Gasteiger partial charge in [0.2, 0.25) is 5.91 Å². The quantitative estimate of drug-likeness (QED) is 0.194. The number of ether oxygens (including phenoxy) is 2. The lowest BCUT2D eigenvalue weighted by molar-refractivity contribution is -0.134. The predicted octanol–water partition coefficient (Wildman–Crippen LogP) is 5.10. The van der Waals surface area contributed by atoms with Crippen LogP contribution in [0.3, 0.4) is 0 Å². The van der Waals surface area contributed by atoms with E-state index < -0.39 is 18.0 Å². The molecule has 0 saturated heterocycles. The van der Waals surface area contributed by atoms with Gasteiger partial charge < -0.3 is 30.3 Å². The summed E-state index contributed by atoms with van der Waals surface area (Å²) >= 11 is 0. The molecule has 0 heterocycles. The van der Waals surface area contributed by atoms with Crippen LogP contribution in [-0.4, -0.2) is 69.3 Å². The molecule has 0 aromatic heterocycles. The Kier molecular flexibility index (Phi) is 10.7. The third-order valence-electron chi connectivity index (χ3n) is 7.31. The Hall–Kier alpha value is -4.63. The monoisotopic (exact) mass is 570 g/mol. The van der Waals surface area contributed by atoms with Crippen LogP contribution in [0.2, 0.25) is 0 Å². The summed E-state index contributed by atoms with van der Waals surface area (Å²) in [7, 11) is 1.31.